The molecule has 0 N–H and O–H groups in total. The summed E-state index contributed by atoms with van der Waals surface area (Å²) in [6.07, 6.45) is 6.49. The van der Waals surface area contributed by atoms with Gasteiger partial charge in [0.05, 0.1) is 12.7 Å². The predicted molar refractivity (Wildman–Crippen MR) is 42.0 cm³/mol. The fourth-order valence-electron chi connectivity index (χ4n) is 1.55. The lowest BCUT2D eigenvalue weighted by Gasteiger charge is -2.15. The second-order valence-corrected chi connectivity index (χ2v) is 3.47. The molecule has 1 aliphatic heterocycles. The summed E-state index contributed by atoms with van der Waals surface area (Å²) in [7, 11) is 0. The number of hydrogen-bond donors (Lipinski definition) is 0. The van der Waals surface area contributed by atoms with E-state index in [1.54, 1.807) is 0 Å². The molecule has 0 saturated heterocycles. The lowest BCUT2D eigenvalue weighted by atomic mass is 10.1. The van der Waals surface area contributed by atoms with Gasteiger partial charge in [-0.25, -0.2) is 9.67 Å². The molecule has 2 aliphatic rings. The van der Waals surface area contributed by atoms with Crippen LogP contribution in [0.3, 0.4) is 0 Å². The van der Waals surface area contributed by atoms with Crippen LogP contribution in [0.4, 0.5) is 5.82 Å². The van der Waals surface area contributed by atoms with Crippen molar-refractivity contribution in [2.75, 3.05) is 0 Å². The van der Waals surface area contributed by atoms with E-state index in [0.29, 0.717) is 5.41 Å². The van der Waals surface area contributed by atoms with Crippen molar-refractivity contribution in [3.8, 4) is 0 Å². The van der Waals surface area contributed by atoms with Crippen LogP contribution in [-0.2, 0) is 6.54 Å². The highest BCUT2D eigenvalue weighted by Gasteiger charge is 2.43. The second-order valence-electron chi connectivity index (χ2n) is 3.47. The van der Waals surface area contributed by atoms with E-state index in [4.69, 9.17) is 0 Å². The first-order valence-corrected chi connectivity index (χ1v) is 3.95. The van der Waals surface area contributed by atoms with E-state index in [2.05, 4.69) is 16.3 Å². The highest BCUT2D eigenvalue weighted by atomic mass is 15.3. The third-order valence-electron chi connectivity index (χ3n) is 2.52. The molecule has 1 saturated carbocycles. The molecular formula is C8H9N3. The van der Waals surface area contributed by atoms with Crippen LogP contribution in [0.15, 0.2) is 17.3 Å². The SMILES string of the molecule is C1=Nc2ccnn2CC12CC2. The van der Waals surface area contributed by atoms with Crippen LogP contribution in [0.1, 0.15) is 12.8 Å². The first kappa shape index (κ1) is 5.52. The first-order chi connectivity index (χ1) is 5.38. The summed E-state index contributed by atoms with van der Waals surface area (Å²) in [5.74, 6) is 1.00. The molecule has 1 aromatic heterocycles. The quantitative estimate of drug-likeness (QED) is 0.545. The lowest BCUT2D eigenvalue weighted by molar-refractivity contribution is 0.499. The van der Waals surface area contributed by atoms with Gasteiger partial charge in [0.2, 0.25) is 0 Å². The molecule has 0 unspecified atom stereocenters. The third kappa shape index (κ3) is 0.679. The Labute approximate surface area is 64.7 Å². The second kappa shape index (κ2) is 1.55. The number of aliphatic imine (C=N–C) groups is 1. The molecule has 2 heterocycles. The number of fused-ring (bicyclic) bond motifs is 1. The van der Waals surface area contributed by atoms with Crippen LogP contribution in [0.5, 0.6) is 0 Å². The summed E-state index contributed by atoms with van der Waals surface area (Å²) in [6, 6.07) is 1.95. The van der Waals surface area contributed by atoms with Gasteiger partial charge in [-0.2, -0.15) is 5.10 Å². The Hall–Kier alpha value is -1.12. The van der Waals surface area contributed by atoms with E-state index in [1.165, 1.54) is 12.8 Å². The fraction of sp³-hybridized carbons (Fsp3) is 0.500. The van der Waals surface area contributed by atoms with Crippen molar-refractivity contribution < 1.29 is 0 Å². The van der Waals surface area contributed by atoms with Gasteiger partial charge in [-0.05, 0) is 12.8 Å². The zero-order valence-electron chi connectivity index (χ0n) is 6.20. The van der Waals surface area contributed by atoms with Gasteiger partial charge >= 0.3 is 0 Å². The average molecular weight is 147 g/mol. The highest BCUT2D eigenvalue weighted by molar-refractivity contribution is 5.73. The van der Waals surface area contributed by atoms with Crippen LogP contribution < -0.4 is 0 Å². The molecule has 1 aliphatic carbocycles. The number of hydrogen-bond acceptors (Lipinski definition) is 2. The Morgan fingerprint density at radius 1 is 1.45 bits per heavy atom. The minimum atomic E-state index is 0.402. The monoisotopic (exact) mass is 147 g/mol. The number of aromatic nitrogens is 2. The van der Waals surface area contributed by atoms with Crippen molar-refractivity contribution in [3.63, 3.8) is 0 Å². The topological polar surface area (TPSA) is 30.2 Å². The van der Waals surface area contributed by atoms with Crippen molar-refractivity contribution in [1.82, 2.24) is 9.78 Å². The maximum absolute atomic E-state index is 4.34. The van der Waals surface area contributed by atoms with Gasteiger partial charge < -0.3 is 0 Å². The predicted octanol–water partition coefficient (Wildman–Crippen LogP) is 1.38. The number of nitrogens with zero attached hydrogens (tertiary/aromatic N) is 3. The normalized spacial score (nSPS) is 23.6. The fourth-order valence-corrected chi connectivity index (χ4v) is 1.55. The molecule has 3 rings (SSSR count). The van der Waals surface area contributed by atoms with E-state index in [9.17, 15) is 0 Å². The summed E-state index contributed by atoms with van der Waals surface area (Å²) in [5, 5.41) is 4.20. The van der Waals surface area contributed by atoms with Crippen LogP contribution >= 0.6 is 0 Å². The van der Waals surface area contributed by atoms with Crippen molar-refractivity contribution in [2.24, 2.45) is 10.4 Å². The van der Waals surface area contributed by atoms with Gasteiger partial charge in [0.1, 0.15) is 5.82 Å². The molecule has 0 aromatic carbocycles. The third-order valence-corrected chi connectivity index (χ3v) is 2.52. The minimum absolute atomic E-state index is 0.402. The smallest absolute Gasteiger partial charge is 0.149 e. The first-order valence-electron chi connectivity index (χ1n) is 3.95. The van der Waals surface area contributed by atoms with E-state index in [-0.39, 0.29) is 0 Å². The minimum Gasteiger partial charge on any atom is -0.247 e. The molecule has 0 atom stereocenters. The highest BCUT2D eigenvalue weighted by Crippen LogP contribution is 2.47. The standard InChI is InChI=1S/C8H9N3/c1-4-10-11-6-8(2-3-8)5-9-7(1)11/h1,4-5H,2-3,6H2. The van der Waals surface area contributed by atoms with Crippen molar-refractivity contribution >= 4 is 12.0 Å². The lowest BCUT2D eigenvalue weighted by Crippen LogP contribution is -2.17. The molecule has 0 amide bonds. The zero-order chi connectivity index (χ0) is 7.31. The molecule has 56 valence electrons. The largest absolute Gasteiger partial charge is 0.247 e. The summed E-state index contributed by atoms with van der Waals surface area (Å²) < 4.78 is 1.99. The molecule has 1 spiro atoms. The molecule has 1 fully saturated rings. The Bertz CT molecular complexity index is 320. The van der Waals surface area contributed by atoms with Gasteiger partial charge in [-0.15, -0.1) is 0 Å². The Kier molecular flexibility index (Phi) is 0.776. The van der Waals surface area contributed by atoms with E-state index < -0.39 is 0 Å². The van der Waals surface area contributed by atoms with Crippen LogP contribution in [0.2, 0.25) is 0 Å². The maximum atomic E-state index is 4.34. The molecular weight excluding hydrogens is 138 g/mol. The van der Waals surface area contributed by atoms with Crippen molar-refractivity contribution in [2.45, 2.75) is 19.4 Å². The summed E-state index contributed by atoms with van der Waals surface area (Å²) in [5.41, 5.74) is 0.402. The average Bonchev–Trinajstić information content (AvgIpc) is 2.63. The van der Waals surface area contributed by atoms with E-state index >= 15 is 0 Å². The number of rotatable bonds is 0. The molecule has 1 aromatic rings. The summed E-state index contributed by atoms with van der Waals surface area (Å²) in [6.45, 7) is 1.04. The molecule has 0 bridgehead atoms. The summed E-state index contributed by atoms with van der Waals surface area (Å²) >= 11 is 0. The van der Waals surface area contributed by atoms with E-state index in [0.717, 1.165) is 12.4 Å². The van der Waals surface area contributed by atoms with Crippen molar-refractivity contribution in [1.29, 1.82) is 0 Å². The van der Waals surface area contributed by atoms with Crippen LogP contribution in [-0.4, -0.2) is 16.0 Å². The van der Waals surface area contributed by atoms with E-state index in [1.807, 2.05) is 16.9 Å². The van der Waals surface area contributed by atoms with Crippen LogP contribution in [0, 0.1) is 5.41 Å². The van der Waals surface area contributed by atoms with Gasteiger partial charge in [0.25, 0.3) is 0 Å². The Morgan fingerprint density at radius 3 is 3.18 bits per heavy atom. The Morgan fingerprint density at radius 2 is 2.36 bits per heavy atom. The molecule has 3 nitrogen and oxygen atoms in total. The van der Waals surface area contributed by atoms with Crippen molar-refractivity contribution in [3.05, 3.63) is 12.3 Å². The molecule has 0 radical (unpaired) electrons. The molecule has 11 heavy (non-hydrogen) atoms. The van der Waals surface area contributed by atoms with Gasteiger partial charge in [0, 0.05) is 17.7 Å². The maximum Gasteiger partial charge on any atom is 0.149 e. The molecule has 3 heteroatoms. The summed E-state index contributed by atoms with van der Waals surface area (Å²) in [4.78, 5) is 4.34. The van der Waals surface area contributed by atoms with Gasteiger partial charge in [0.15, 0.2) is 0 Å². The van der Waals surface area contributed by atoms with Gasteiger partial charge in [-0.1, -0.05) is 0 Å². The zero-order valence-corrected chi connectivity index (χ0v) is 6.20. The van der Waals surface area contributed by atoms with Crippen LogP contribution in [0.25, 0.3) is 0 Å². The van der Waals surface area contributed by atoms with Gasteiger partial charge in [-0.3, -0.25) is 0 Å². The Balaban J connectivity index is 2.10.